The van der Waals surface area contributed by atoms with E-state index in [1.807, 2.05) is 31.2 Å². The highest BCUT2D eigenvalue weighted by atomic mass is 35.5. The second-order valence-corrected chi connectivity index (χ2v) is 4.29. The van der Waals surface area contributed by atoms with Crippen molar-refractivity contribution in [3.8, 4) is 0 Å². The second kappa shape index (κ2) is 8.95. The molecule has 0 saturated heterocycles. The number of carbonyl (C=O) groups is 1. The first-order chi connectivity index (χ1) is 8.19. The molecule has 0 aliphatic carbocycles. The predicted octanol–water partition coefficient (Wildman–Crippen LogP) is 3.13. The Labute approximate surface area is 116 Å². The van der Waals surface area contributed by atoms with Gasteiger partial charge in [0.2, 0.25) is 5.91 Å². The van der Waals surface area contributed by atoms with Crippen molar-refractivity contribution in [2.75, 3.05) is 5.32 Å². The molecule has 0 heterocycles. The molecule has 0 aromatic heterocycles. The SMILES string of the molecule is CCCc1ccccc1NC(=O)C(N)CCC.Cl. The standard InChI is InChI=1S/C14H22N2O.ClH/c1-3-7-11-9-5-6-10-13(11)16-14(17)12(15)8-4-2;/h5-6,9-10,12H,3-4,7-8,15H2,1-2H3,(H,16,17);1H. The maximum atomic E-state index is 11.8. The van der Waals surface area contributed by atoms with Crippen LogP contribution in [0.15, 0.2) is 24.3 Å². The molecule has 0 radical (unpaired) electrons. The highest BCUT2D eigenvalue weighted by molar-refractivity contribution is 5.95. The van der Waals surface area contributed by atoms with Gasteiger partial charge in [0.25, 0.3) is 0 Å². The average molecular weight is 271 g/mol. The van der Waals surface area contributed by atoms with Gasteiger partial charge in [-0.25, -0.2) is 0 Å². The van der Waals surface area contributed by atoms with Crippen molar-refractivity contribution in [2.45, 2.75) is 45.6 Å². The minimum Gasteiger partial charge on any atom is -0.324 e. The molecule has 0 spiro atoms. The van der Waals surface area contributed by atoms with Crippen molar-refractivity contribution < 1.29 is 4.79 Å². The van der Waals surface area contributed by atoms with Gasteiger partial charge in [0, 0.05) is 5.69 Å². The van der Waals surface area contributed by atoms with E-state index in [1.54, 1.807) is 0 Å². The predicted molar refractivity (Wildman–Crippen MR) is 79.2 cm³/mol. The molecule has 0 saturated carbocycles. The topological polar surface area (TPSA) is 55.1 Å². The number of nitrogens with two attached hydrogens (primary N) is 1. The summed E-state index contributed by atoms with van der Waals surface area (Å²) in [6, 6.07) is 7.49. The van der Waals surface area contributed by atoms with Crippen LogP contribution in [-0.2, 0) is 11.2 Å². The van der Waals surface area contributed by atoms with Crippen LogP contribution in [0.4, 0.5) is 5.69 Å². The summed E-state index contributed by atoms with van der Waals surface area (Å²) in [5.74, 6) is -0.0876. The number of aryl methyl sites for hydroxylation is 1. The molecule has 1 aromatic carbocycles. The monoisotopic (exact) mass is 270 g/mol. The van der Waals surface area contributed by atoms with Crippen LogP contribution in [0.5, 0.6) is 0 Å². The van der Waals surface area contributed by atoms with Crippen LogP contribution in [0.25, 0.3) is 0 Å². The van der Waals surface area contributed by atoms with Crippen LogP contribution >= 0.6 is 12.4 Å². The maximum Gasteiger partial charge on any atom is 0.241 e. The summed E-state index contributed by atoms with van der Waals surface area (Å²) >= 11 is 0. The third-order valence-electron chi connectivity index (χ3n) is 2.73. The number of rotatable bonds is 6. The van der Waals surface area contributed by atoms with E-state index < -0.39 is 6.04 Å². The van der Waals surface area contributed by atoms with Gasteiger partial charge in [-0.2, -0.15) is 0 Å². The molecule has 1 aromatic rings. The van der Waals surface area contributed by atoms with Gasteiger partial charge >= 0.3 is 0 Å². The molecule has 4 heteroatoms. The summed E-state index contributed by atoms with van der Waals surface area (Å²) in [6.07, 6.45) is 3.68. The average Bonchev–Trinajstić information content (AvgIpc) is 2.32. The molecule has 3 N–H and O–H groups in total. The number of para-hydroxylation sites is 1. The molecule has 1 rings (SSSR count). The summed E-state index contributed by atoms with van der Waals surface area (Å²) in [5, 5.41) is 2.92. The Balaban J connectivity index is 0.00000289. The zero-order valence-electron chi connectivity index (χ0n) is 11.1. The lowest BCUT2D eigenvalue weighted by Gasteiger charge is -2.14. The van der Waals surface area contributed by atoms with Crippen molar-refractivity contribution in [1.82, 2.24) is 0 Å². The first-order valence-corrected chi connectivity index (χ1v) is 6.33. The van der Waals surface area contributed by atoms with E-state index in [0.29, 0.717) is 0 Å². The van der Waals surface area contributed by atoms with Crippen molar-refractivity contribution in [3.05, 3.63) is 29.8 Å². The minimum absolute atomic E-state index is 0. The summed E-state index contributed by atoms with van der Waals surface area (Å²) in [6.45, 7) is 4.15. The van der Waals surface area contributed by atoms with Crippen molar-refractivity contribution in [3.63, 3.8) is 0 Å². The smallest absolute Gasteiger partial charge is 0.241 e. The van der Waals surface area contributed by atoms with Gasteiger partial charge in [0.1, 0.15) is 0 Å². The Hall–Kier alpha value is -1.06. The van der Waals surface area contributed by atoms with E-state index in [1.165, 1.54) is 5.56 Å². The molecule has 0 fully saturated rings. The number of anilines is 1. The normalized spacial score (nSPS) is 11.5. The van der Waals surface area contributed by atoms with Gasteiger partial charge < -0.3 is 11.1 Å². The fourth-order valence-corrected chi connectivity index (χ4v) is 1.80. The Morgan fingerprint density at radius 1 is 1.28 bits per heavy atom. The maximum absolute atomic E-state index is 11.8. The summed E-state index contributed by atoms with van der Waals surface area (Å²) in [4.78, 5) is 11.8. The molecule has 0 aliphatic heterocycles. The van der Waals surface area contributed by atoms with Crippen molar-refractivity contribution in [2.24, 2.45) is 5.73 Å². The fraction of sp³-hybridized carbons (Fsp3) is 0.500. The molecular weight excluding hydrogens is 248 g/mol. The number of nitrogens with one attached hydrogen (secondary N) is 1. The van der Waals surface area contributed by atoms with Crippen LogP contribution in [0.1, 0.15) is 38.7 Å². The van der Waals surface area contributed by atoms with E-state index in [4.69, 9.17) is 5.73 Å². The number of halogens is 1. The highest BCUT2D eigenvalue weighted by Gasteiger charge is 2.13. The number of hydrogen-bond donors (Lipinski definition) is 2. The Morgan fingerprint density at radius 2 is 1.94 bits per heavy atom. The number of benzene rings is 1. The molecule has 0 aliphatic rings. The van der Waals surface area contributed by atoms with E-state index in [2.05, 4.69) is 12.2 Å². The summed E-state index contributed by atoms with van der Waals surface area (Å²) < 4.78 is 0. The third kappa shape index (κ3) is 5.07. The highest BCUT2D eigenvalue weighted by Crippen LogP contribution is 2.17. The minimum atomic E-state index is -0.408. The lowest BCUT2D eigenvalue weighted by Crippen LogP contribution is -2.35. The molecular formula is C14H23ClN2O. The Kier molecular flexibility index (Phi) is 8.42. The number of carbonyl (C=O) groups excluding carboxylic acids is 1. The van der Waals surface area contributed by atoms with Crippen LogP contribution < -0.4 is 11.1 Å². The largest absolute Gasteiger partial charge is 0.324 e. The van der Waals surface area contributed by atoms with Crippen molar-refractivity contribution >= 4 is 24.0 Å². The van der Waals surface area contributed by atoms with Crippen LogP contribution in [0.2, 0.25) is 0 Å². The fourth-order valence-electron chi connectivity index (χ4n) is 1.80. The van der Waals surface area contributed by atoms with E-state index in [9.17, 15) is 4.79 Å². The Morgan fingerprint density at radius 3 is 2.56 bits per heavy atom. The van der Waals surface area contributed by atoms with E-state index in [-0.39, 0.29) is 18.3 Å². The molecule has 1 amide bonds. The van der Waals surface area contributed by atoms with E-state index >= 15 is 0 Å². The van der Waals surface area contributed by atoms with Gasteiger partial charge in [0.05, 0.1) is 6.04 Å². The molecule has 3 nitrogen and oxygen atoms in total. The van der Waals surface area contributed by atoms with Gasteiger partial charge in [-0.1, -0.05) is 44.9 Å². The van der Waals surface area contributed by atoms with Gasteiger partial charge in [-0.15, -0.1) is 12.4 Å². The quantitative estimate of drug-likeness (QED) is 0.834. The van der Waals surface area contributed by atoms with Gasteiger partial charge in [-0.05, 0) is 24.5 Å². The first kappa shape index (κ1) is 16.9. The molecule has 102 valence electrons. The summed E-state index contributed by atoms with van der Waals surface area (Å²) in [7, 11) is 0. The number of hydrogen-bond acceptors (Lipinski definition) is 2. The Bertz CT molecular complexity index is 369. The first-order valence-electron chi connectivity index (χ1n) is 6.33. The third-order valence-corrected chi connectivity index (χ3v) is 2.73. The molecule has 1 unspecified atom stereocenters. The lowest BCUT2D eigenvalue weighted by molar-refractivity contribution is -0.117. The zero-order chi connectivity index (χ0) is 12.7. The summed E-state index contributed by atoms with van der Waals surface area (Å²) in [5.41, 5.74) is 7.86. The molecule has 18 heavy (non-hydrogen) atoms. The van der Waals surface area contributed by atoms with Crippen LogP contribution in [0.3, 0.4) is 0 Å². The van der Waals surface area contributed by atoms with Crippen LogP contribution in [-0.4, -0.2) is 11.9 Å². The molecule has 0 bridgehead atoms. The van der Waals surface area contributed by atoms with Crippen molar-refractivity contribution in [1.29, 1.82) is 0 Å². The molecule has 1 atom stereocenters. The number of amides is 1. The lowest BCUT2D eigenvalue weighted by atomic mass is 10.1. The van der Waals surface area contributed by atoms with Crippen LogP contribution in [0, 0.1) is 0 Å². The van der Waals surface area contributed by atoms with Gasteiger partial charge in [0.15, 0.2) is 0 Å². The zero-order valence-corrected chi connectivity index (χ0v) is 11.9. The van der Waals surface area contributed by atoms with Gasteiger partial charge in [-0.3, -0.25) is 4.79 Å². The second-order valence-electron chi connectivity index (χ2n) is 4.29. The van der Waals surface area contributed by atoms with E-state index in [0.717, 1.165) is 31.4 Å².